The third-order valence-electron chi connectivity index (χ3n) is 7.82. The van der Waals surface area contributed by atoms with Gasteiger partial charge in [0.15, 0.2) is 0 Å². The van der Waals surface area contributed by atoms with Gasteiger partial charge in [0, 0.05) is 68.3 Å². The molecule has 206 valence electrons. The van der Waals surface area contributed by atoms with Crippen LogP contribution in [-0.2, 0) is 14.8 Å². The SMILES string of the molecule is Cc1ccc([C@@H]2CCN(S(=O)(=O)c3cccnc3)C[C@@H]2C(=O)N2CCN(c3cc(Cl)ccc3C)CC2)c(F)c1. The minimum atomic E-state index is -3.85. The van der Waals surface area contributed by atoms with Crippen LogP contribution in [0.1, 0.15) is 29.0 Å². The van der Waals surface area contributed by atoms with Gasteiger partial charge in [-0.25, -0.2) is 12.8 Å². The van der Waals surface area contributed by atoms with Crippen molar-refractivity contribution in [2.24, 2.45) is 5.92 Å². The molecule has 2 aromatic carbocycles. The maximum Gasteiger partial charge on any atom is 0.244 e. The molecule has 7 nitrogen and oxygen atoms in total. The predicted octanol–water partition coefficient (Wildman–Crippen LogP) is 4.63. The topological polar surface area (TPSA) is 73.8 Å². The van der Waals surface area contributed by atoms with Crippen LogP contribution in [0.2, 0.25) is 5.02 Å². The van der Waals surface area contributed by atoms with Crippen molar-refractivity contribution in [1.82, 2.24) is 14.2 Å². The normalized spacial score (nSPS) is 20.7. The lowest BCUT2D eigenvalue weighted by molar-refractivity contribution is -0.137. The number of nitrogens with zero attached hydrogens (tertiary/aromatic N) is 4. The molecule has 2 atom stereocenters. The summed E-state index contributed by atoms with van der Waals surface area (Å²) < 4.78 is 43.3. The summed E-state index contributed by atoms with van der Waals surface area (Å²) in [4.78, 5) is 22.1. The first-order chi connectivity index (χ1) is 18.6. The predicted molar refractivity (Wildman–Crippen MR) is 150 cm³/mol. The number of halogens is 2. The molecule has 2 saturated heterocycles. The molecular formula is C29H32ClFN4O3S. The van der Waals surface area contributed by atoms with Crippen LogP contribution >= 0.6 is 11.6 Å². The monoisotopic (exact) mass is 570 g/mol. The summed E-state index contributed by atoms with van der Waals surface area (Å²) in [5.74, 6) is -1.63. The molecule has 0 saturated carbocycles. The lowest BCUT2D eigenvalue weighted by Crippen LogP contribution is -2.54. The van der Waals surface area contributed by atoms with Crippen LogP contribution in [0.5, 0.6) is 0 Å². The van der Waals surface area contributed by atoms with Crippen molar-refractivity contribution in [3.63, 3.8) is 0 Å². The first-order valence-corrected chi connectivity index (χ1v) is 14.9. The Morgan fingerprint density at radius 2 is 1.79 bits per heavy atom. The molecule has 1 aromatic heterocycles. The first-order valence-electron chi connectivity index (χ1n) is 13.1. The van der Waals surface area contributed by atoms with E-state index in [1.165, 1.54) is 28.8 Å². The molecule has 0 N–H and O–H groups in total. The van der Waals surface area contributed by atoms with Crippen molar-refractivity contribution < 1.29 is 17.6 Å². The van der Waals surface area contributed by atoms with Gasteiger partial charge < -0.3 is 9.80 Å². The molecule has 2 fully saturated rings. The van der Waals surface area contributed by atoms with Gasteiger partial charge in [0.25, 0.3) is 0 Å². The Morgan fingerprint density at radius 3 is 2.49 bits per heavy atom. The van der Waals surface area contributed by atoms with Crippen LogP contribution in [0.15, 0.2) is 65.8 Å². The number of hydrogen-bond acceptors (Lipinski definition) is 5. The van der Waals surface area contributed by atoms with Gasteiger partial charge in [-0.2, -0.15) is 4.31 Å². The number of aromatic nitrogens is 1. The fourth-order valence-electron chi connectivity index (χ4n) is 5.67. The Hall–Kier alpha value is -3.01. The summed E-state index contributed by atoms with van der Waals surface area (Å²) in [6, 6.07) is 13.9. The number of benzene rings is 2. The molecule has 3 aromatic rings. The third-order valence-corrected chi connectivity index (χ3v) is 9.91. The number of pyridine rings is 1. The number of carbonyl (C=O) groups excluding carboxylic acids is 1. The Bertz CT molecular complexity index is 1460. The second kappa shape index (κ2) is 11.2. The maximum atomic E-state index is 15.1. The summed E-state index contributed by atoms with van der Waals surface area (Å²) in [6.45, 7) is 6.26. The lowest BCUT2D eigenvalue weighted by Gasteiger charge is -2.42. The largest absolute Gasteiger partial charge is 0.368 e. The molecule has 2 aliphatic rings. The Morgan fingerprint density at radius 1 is 1.03 bits per heavy atom. The minimum Gasteiger partial charge on any atom is -0.368 e. The second-order valence-electron chi connectivity index (χ2n) is 10.3. The van der Waals surface area contributed by atoms with E-state index in [1.807, 2.05) is 38.1 Å². The van der Waals surface area contributed by atoms with E-state index in [0.717, 1.165) is 16.8 Å². The highest BCUT2D eigenvalue weighted by molar-refractivity contribution is 7.89. The van der Waals surface area contributed by atoms with Gasteiger partial charge in [0.05, 0.1) is 5.92 Å². The molecule has 0 spiro atoms. The molecule has 2 aliphatic heterocycles. The van der Waals surface area contributed by atoms with Crippen molar-refractivity contribution in [1.29, 1.82) is 0 Å². The first kappa shape index (κ1) is 27.6. The van der Waals surface area contributed by atoms with Crippen molar-refractivity contribution in [2.45, 2.75) is 31.1 Å². The number of hydrogen-bond donors (Lipinski definition) is 0. The van der Waals surface area contributed by atoms with Crippen LogP contribution in [0.3, 0.4) is 0 Å². The molecular weight excluding hydrogens is 539 g/mol. The Labute approximate surface area is 234 Å². The van der Waals surface area contributed by atoms with E-state index in [-0.39, 0.29) is 29.7 Å². The van der Waals surface area contributed by atoms with E-state index in [0.29, 0.717) is 43.2 Å². The fraction of sp³-hybridized carbons (Fsp3) is 0.379. The van der Waals surface area contributed by atoms with Gasteiger partial charge in [0.1, 0.15) is 10.7 Å². The van der Waals surface area contributed by atoms with E-state index in [2.05, 4.69) is 9.88 Å². The fourth-order valence-corrected chi connectivity index (χ4v) is 7.28. The minimum absolute atomic E-state index is 0.0122. The van der Waals surface area contributed by atoms with Gasteiger partial charge in [-0.3, -0.25) is 9.78 Å². The zero-order valence-electron chi connectivity index (χ0n) is 22.1. The average molecular weight is 571 g/mol. The third kappa shape index (κ3) is 5.66. The Balaban J connectivity index is 1.40. The molecule has 1 amide bonds. The summed E-state index contributed by atoms with van der Waals surface area (Å²) >= 11 is 6.23. The van der Waals surface area contributed by atoms with Gasteiger partial charge >= 0.3 is 0 Å². The van der Waals surface area contributed by atoms with E-state index < -0.39 is 21.9 Å². The number of piperazine rings is 1. The zero-order valence-corrected chi connectivity index (χ0v) is 23.6. The molecule has 0 unspecified atom stereocenters. The van der Waals surface area contributed by atoms with Crippen molar-refractivity contribution in [3.8, 4) is 0 Å². The molecule has 0 radical (unpaired) electrons. The number of amides is 1. The summed E-state index contributed by atoms with van der Waals surface area (Å²) in [5, 5.41) is 0.661. The van der Waals surface area contributed by atoms with Gasteiger partial charge in [0.2, 0.25) is 15.9 Å². The van der Waals surface area contributed by atoms with Crippen molar-refractivity contribution in [3.05, 3.63) is 88.5 Å². The van der Waals surface area contributed by atoms with Crippen LogP contribution in [0.4, 0.5) is 10.1 Å². The van der Waals surface area contributed by atoms with E-state index in [9.17, 15) is 13.2 Å². The summed E-state index contributed by atoms with van der Waals surface area (Å²) in [5.41, 5.74) is 3.41. The smallest absolute Gasteiger partial charge is 0.244 e. The van der Waals surface area contributed by atoms with Gasteiger partial charge in [-0.15, -0.1) is 0 Å². The van der Waals surface area contributed by atoms with E-state index in [1.54, 1.807) is 17.0 Å². The molecule has 10 heteroatoms. The van der Waals surface area contributed by atoms with Crippen LogP contribution in [0, 0.1) is 25.6 Å². The zero-order chi connectivity index (χ0) is 27.7. The van der Waals surface area contributed by atoms with Gasteiger partial charge in [-0.05, 0) is 67.3 Å². The molecule has 39 heavy (non-hydrogen) atoms. The molecule has 3 heterocycles. The number of anilines is 1. The summed E-state index contributed by atoms with van der Waals surface area (Å²) in [7, 11) is -3.85. The number of carbonyl (C=O) groups is 1. The highest BCUT2D eigenvalue weighted by atomic mass is 35.5. The number of rotatable bonds is 5. The quantitative estimate of drug-likeness (QED) is 0.447. The maximum absolute atomic E-state index is 15.1. The average Bonchev–Trinajstić information content (AvgIpc) is 2.94. The van der Waals surface area contributed by atoms with E-state index in [4.69, 9.17) is 11.6 Å². The lowest BCUT2D eigenvalue weighted by atomic mass is 9.79. The van der Waals surface area contributed by atoms with Gasteiger partial charge in [-0.1, -0.05) is 29.8 Å². The molecule has 5 rings (SSSR count). The highest BCUT2D eigenvalue weighted by Gasteiger charge is 2.42. The van der Waals surface area contributed by atoms with Crippen molar-refractivity contribution in [2.75, 3.05) is 44.2 Å². The van der Waals surface area contributed by atoms with Crippen LogP contribution in [0.25, 0.3) is 0 Å². The molecule has 0 bridgehead atoms. The number of piperidine rings is 1. The second-order valence-corrected chi connectivity index (χ2v) is 12.7. The standard InChI is InChI=1S/C29H32ClFN4O3S/c1-20-5-8-25(27(31)16-20)24-9-11-35(39(37,38)23-4-3-10-32-18-23)19-26(24)29(36)34-14-12-33(13-15-34)28-17-22(30)7-6-21(28)2/h3-8,10,16-18,24,26H,9,11-15,19H2,1-2H3/t24-,26-/m0/s1. The van der Waals surface area contributed by atoms with E-state index >= 15 is 4.39 Å². The van der Waals surface area contributed by atoms with Crippen LogP contribution in [-0.4, -0.2) is 67.8 Å². The number of aryl methyl sites for hydroxylation is 2. The van der Waals surface area contributed by atoms with Crippen LogP contribution < -0.4 is 4.90 Å². The Kier molecular flexibility index (Phi) is 7.94. The number of sulfonamides is 1. The summed E-state index contributed by atoms with van der Waals surface area (Å²) in [6.07, 6.45) is 3.18. The van der Waals surface area contributed by atoms with Crippen molar-refractivity contribution >= 4 is 33.2 Å². The highest BCUT2D eigenvalue weighted by Crippen LogP contribution is 2.38. The molecule has 0 aliphatic carbocycles.